The molecule has 38 heavy (non-hydrogen) atoms. The number of halogens is 1. The number of aromatic nitrogens is 2. The Labute approximate surface area is 226 Å². The molecule has 5 rings (SSSR count). The molecule has 1 fully saturated rings. The number of anilines is 2. The highest BCUT2D eigenvalue weighted by Gasteiger charge is 2.21. The zero-order valence-electron chi connectivity index (χ0n) is 21.4. The van der Waals surface area contributed by atoms with E-state index < -0.39 is 5.56 Å². The standard InChI is InChI=1S/C30H29ClN4O3/c1-20(2)21-8-6-13-26(17-21)38-27-19-32-35(25-12-7-10-23(31)18-25)30(37)28(27)33-24-11-5-9-22(16-24)29(36)34-14-3-4-15-34/h5-13,16-20,33H,3-4,14-15H2,1-2H3. The highest BCUT2D eigenvalue weighted by molar-refractivity contribution is 6.30. The molecule has 1 amide bonds. The molecule has 1 aliphatic heterocycles. The summed E-state index contributed by atoms with van der Waals surface area (Å²) in [5.74, 6) is 1.17. The van der Waals surface area contributed by atoms with Crippen molar-refractivity contribution in [1.29, 1.82) is 0 Å². The SMILES string of the molecule is CC(C)c1cccc(Oc2cnn(-c3cccc(Cl)c3)c(=O)c2Nc2cccc(C(=O)N3CCCC3)c2)c1. The molecule has 1 saturated heterocycles. The molecule has 0 spiro atoms. The molecule has 4 aromatic rings. The smallest absolute Gasteiger partial charge is 0.299 e. The summed E-state index contributed by atoms with van der Waals surface area (Å²) in [6.07, 6.45) is 3.54. The fraction of sp³-hybridized carbons (Fsp3) is 0.233. The highest BCUT2D eigenvalue weighted by Crippen LogP contribution is 2.31. The molecular weight excluding hydrogens is 500 g/mol. The van der Waals surface area contributed by atoms with Gasteiger partial charge < -0.3 is 15.0 Å². The number of hydrogen-bond acceptors (Lipinski definition) is 5. The van der Waals surface area contributed by atoms with Crippen LogP contribution in [0.15, 0.2) is 83.8 Å². The second-order valence-electron chi connectivity index (χ2n) is 9.62. The van der Waals surface area contributed by atoms with Crippen molar-refractivity contribution in [3.8, 4) is 17.2 Å². The molecule has 8 heteroatoms. The van der Waals surface area contributed by atoms with Gasteiger partial charge in [0.25, 0.3) is 11.5 Å². The number of benzene rings is 3. The van der Waals surface area contributed by atoms with E-state index in [1.807, 2.05) is 35.2 Å². The van der Waals surface area contributed by atoms with Crippen molar-refractivity contribution < 1.29 is 9.53 Å². The Morgan fingerprint density at radius 3 is 2.53 bits per heavy atom. The summed E-state index contributed by atoms with van der Waals surface area (Å²) in [7, 11) is 0. The Morgan fingerprint density at radius 2 is 1.76 bits per heavy atom. The minimum absolute atomic E-state index is 0.0146. The lowest BCUT2D eigenvalue weighted by atomic mass is 10.0. The molecule has 0 atom stereocenters. The molecule has 1 N–H and O–H groups in total. The van der Waals surface area contributed by atoms with Gasteiger partial charge in [0.2, 0.25) is 0 Å². The third-order valence-electron chi connectivity index (χ3n) is 6.52. The third-order valence-corrected chi connectivity index (χ3v) is 6.76. The summed E-state index contributed by atoms with van der Waals surface area (Å²) in [6.45, 7) is 5.74. The molecule has 0 radical (unpaired) electrons. The van der Waals surface area contributed by atoms with E-state index in [4.69, 9.17) is 16.3 Å². The predicted molar refractivity (Wildman–Crippen MR) is 150 cm³/mol. The number of ether oxygens (including phenoxy) is 1. The quantitative estimate of drug-likeness (QED) is 0.286. The first-order valence-electron chi connectivity index (χ1n) is 12.7. The van der Waals surface area contributed by atoms with Gasteiger partial charge in [-0.1, -0.05) is 49.7 Å². The summed E-state index contributed by atoms with van der Waals surface area (Å²) in [4.78, 5) is 28.6. The molecule has 0 saturated carbocycles. The van der Waals surface area contributed by atoms with Gasteiger partial charge in [-0.3, -0.25) is 9.59 Å². The fourth-order valence-electron chi connectivity index (χ4n) is 4.46. The molecule has 1 aliphatic rings. The second-order valence-corrected chi connectivity index (χ2v) is 10.1. The van der Waals surface area contributed by atoms with Crippen molar-refractivity contribution in [3.05, 3.63) is 105 Å². The van der Waals surface area contributed by atoms with E-state index in [2.05, 4.69) is 24.3 Å². The first kappa shape index (κ1) is 25.5. The number of likely N-dealkylation sites (tertiary alicyclic amines) is 1. The molecule has 7 nitrogen and oxygen atoms in total. The molecular formula is C30H29ClN4O3. The maximum Gasteiger partial charge on any atom is 0.299 e. The maximum atomic E-state index is 13.7. The molecule has 0 aliphatic carbocycles. The van der Waals surface area contributed by atoms with Gasteiger partial charge in [0.1, 0.15) is 5.75 Å². The monoisotopic (exact) mass is 528 g/mol. The Bertz CT molecular complexity index is 1530. The number of hydrogen-bond donors (Lipinski definition) is 1. The van der Waals surface area contributed by atoms with Crippen molar-refractivity contribution in [2.24, 2.45) is 0 Å². The van der Waals surface area contributed by atoms with E-state index in [1.165, 1.54) is 10.9 Å². The van der Waals surface area contributed by atoms with Crippen LogP contribution in [0.5, 0.6) is 11.5 Å². The van der Waals surface area contributed by atoms with Crippen molar-refractivity contribution in [3.63, 3.8) is 0 Å². The van der Waals surface area contributed by atoms with Crippen LogP contribution in [0.1, 0.15) is 48.5 Å². The highest BCUT2D eigenvalue weighted by atomic mass is 35.5. The molecule has 3 aromatic carbocycles. The Kier molecular flexibility index (Phi) is 7.47. The van der Waals surface area contributed by atoms with Crippen molar-refractivity contribution in [2.75, 3.05) is 18.4 Å². The normalized spacial score (nSPS) is 13.1. The van der Waals surface area contributed by atoms with E-state index in [0.717, 1.165) is 31.5 Å². The van der Waals surface area contributed by atoms with Crippen LogP contribution in [0.2, 0.25) is 5.02 Å². The number of nitrogens with one attached hydrogen (secondary N) is 1. The van der Waals surface area contributed by atoms with E-state index >= 15 is 0 Å². The largest absolute Gasteiger partial charge is 0.453 e. The topological polar surface area (TPSA) is 76.5 Å². The van der Waals surface area contributed by atoms with Crippen LogP contribution >= 0.6 is 11.6 Å². The van der Waals surface area contributed by atoms with Crippen LogP contribution in [0.4, 0.5) is 11.4 Å². The molecule has 1 aromatic heterocycles. The summed E-state index contributed by atoms with van der Waals surface area (Å²) in [5, 5.41) is 8.06. The maximum absolute atomic E-state index is 13.7. The molecule has 2 heterocycles. The van der Waals surface area contributed by atoms with Crippen molar-refractivity contribution in [2.45, 2.75) is 32.6 Å². The van der Waals surface area contributed by atoms with E-state index in [-0.39, 0.29) is 17.3 Å². The number of carbonyl (C=O) groups excluding carboxylic acids is 1. The number of nitrogens with zero attached hydrogens (tertiary/aromatic N) is 3. The lowest BCUT2D eigenvalue weighted by Gasteiger charge is -2.17. The fourth-order valence-corrected chi connectivity index (χ4v) is 4.65. The van der Waals surface area contributed by atoms with Crippen LogP contribution < -0.4 is 15.6 Å². The molecule has 0 bridgehead atoms. The lowest BCUT2D eigenvalue weighted by molar-refractivity contribution is 0.0793. The van der Waals surface area contributed by atoms with Crippen molar-refractivity contribution >= 4 is 28.9 Å². The molecule has 194 valence electrons. The van der Waals surface area contributed by atoms with Crippen molar-refractivity contribution in [1.82, 2.24) is 14.7 Å². The minimum Gasteiger partial charge on any atom is -0.453 e. The van der Waals surface area contributed by atoms with Gasteiger partial charge in [-0.2, -0.15) is 9.78 Å². The van der Waals surface area contributed by atoms with Crippen LogP contribution in [0.25, 0.3) is 5.69 Å². The molecule has 0 unspecified atom stereocenters. The number of amides is 1. The third kappa shape index (κ3) is 5.58. The van der Waals surface area contributed by atoms with Gasteiger partial charge in [0, 0.05) is 29.4 Å². The lowest BCUT2D eigenvalue weighted by Crippen LogP contribution is -2.27. The number of carbonyl (C=O) groups is 1. The second kappa shape index (κ2) is 11.1. The predicted octanol–water partition coefficient (Wildman–Crippen LogP) is 6.78. The van der Waals surface area contributed by atoms with E-state index in [9.17, 15) is 9.59 Å². The van der Waals surface area contributed by atoms with E-state index in [1.54, 1.807) is 42.5 Å². The summed E-state index contributed by atoms with van der Waals surface area (Å²) in [6, 6.07) is 21.8. The van der Waals surface area contributed by atoms with Gasteiger partial charge in [-0.15, -0.1) is 0 Å². The summed E-state index contributed by atoms with van der Waals surface area (Å²) >= 11 is 6.18. The first-order valence-corrected chi connectivity index (χ1v) is 13.1. The summed E-state index contributed by atoms with van der Waals surface area (Å²) in [5.41, 5.74) is 2.58. The number of rotatable bonds is 7. The minimum atomic E-state index is -0.416. The van der Waals surface area contributed by atoms with Gasteiger partial charge in [-0.25, -0.2) is 0 Å². The van der Waals surface area contributed by atoms with Gasteiger partial charge >= 0.3 is 0 Å². The van der Waals surface area contributed by atoms with Crippen LogP contribution in [-0.2, 0) is 0 Å². The van der Waals surface area contributed by atoms with Gasteiger partial charge in [0.15, 0.2) is 11.4 Å². The van der Waals surface area contributed by atoms with E-state index in [0.29, 0.717) is 33.6 Å². The zero-order chi connectivity index (χ0) is 26.6. The first-order chi connectivity index (χ1) is 18.4. The van der Waals surface area contributed by atoms with Gasteiger partial charge in [-0.05, 0) is 72.9 Å². The Balaban J connectivity index is 1.54. The van der Waals surface area contributed by atoms with Gasteiger partial charge in [0.05, 0.1) is 11.9 Å². The van der Waals surface area contributed by atoms with Crippen LogP contribution in [0.3, 0.4) is 0 Å². The average Bonchev–Trinajstić information content (AvgIpc) is 3.46. The Morgan fingerprint density at radius 1 is 1.00 bits per heavy atom. The Hall–Kier alpha value is -4.10. The zero-order valence-corrected chi connectivity index (χ0v) is 22.1. The van der Waals surface area contributed by atoms with Crippen LogP contribution in [0, 0.1) is 0 Å². The average molecular weight is 529 g/mol. The summed E-state index contributed by atoms with van der Waals surface area (Å²) < 4.78 is 7.46. The van der Waals surface area contributed by atoms with Crippen LogP contribution in [-0.4, -0.2) is 33.7 Å².